The Balaban J connectivity index is 2.06. The van der Waals surface area contributed by atoms with E-state index in [0.29, 0.717) is 12.5 Å². The molecule has 1 N–H and O–H groups in total. The van der Waals surface area contributed by atoms with Gasteiger partial charge >= 0.3 is 0 Å². The minimum atomic E-state index is -0.486. The summed E-state index contributed by atoms with van der Waals surface area (Å²) in [5.41, 5.74) is 0.933. The molecule has 0 fully saturated rings. The summed E-state index contributed by atoms with van der Waals surface area (Å²) in [5, 5.41) is 16.7. The van der Waals surface area contributed by atoms with Crippen LogP contribution in [0.1, 0.15) is 43.0 Å². The van der Waals surface area contributed by atoms with Gasteiger partial charge in [0.25, 0.3) is 0 Å². The van der Waals surface area contributed by atoms with Gasteiger partial charge < -0.3 is 5.11 Å². The van der Waals surface area contributed by atoms with Crippen molar-refractivity contribution >= 4 is 27.3 Å². The molecule has 2 aromatic heterocycles. The molecule has 18 heavy (non-hydrogen) atoms. The molecule has 2 unspecified atom stereocenters. The van der Waals surface area contributed by atoms with E-state index in [4.69, 9.17) is 0 Å². The molecule has 0 aliphatic rings. The van der Waals surface area contributed by atoms with E-state index in [1.165, 1.54) is 0 Å². The van der Waals surface area contributed by atoms with Crippen molar-refractivity contribution in [2.24, 2.45) is 0 Å². The molecule has 0 amide bonds. The van der Waals surface area contributed by atoms with Crippen molar-refractivity contribution in [3.63, 3.8) is 0 Å². The number of halogens is 1. The smallest absolute Gasteiger partial charge is 0.0949 e. The van der Waals surface area contributed by atoms with Crippen LogP contribution < -0.4 is 0 Å². The van der Waals surface area contributed by atoms with Crippen molar-refractivity contribution in [2.75, 3.05) is 0 Å². The molecule has 2 heterocycles. The normalized spacial score (nSPS) is 14.7. The van der Waals surface area contributed by atoms with Gasteiger partial charge in [0, 0.05) is 28.0 Å². The standard InChI is InChI=1S/C13H17BrN2OS/c1-3-9(2)16-6-4-10(15-16)8-12(17)13-11(14)5-7-18-13/h4-7,9,12,17H,3,8H2,1-2H3. The van der Waals surface area contributed by atoms with Gasteiger partial charge in [0.1, 0.15) is 0 Å². The highest BCUT2D eigenvalue weighted by molar-refractivity contribution is 9.10. The lowest BCUT2D eigenvalue weighted by Crippen LogP contribution is -2.06. The molecular formula is C13H17BrN2OS. The lowest BCUT2D eigenvalue weighted by Gasteiger charge is -2.09. The minimum Gasteiger partial charge on any atom is -0.387 e. The van der Waals surface area contributed by atoms with Crippen LogP contribution in [0.25, 0.3) is 0 Å². The van der Waals surface area contributed by atoms with E-state index in [9.17, 15) is 5.11 Å². The predicted octanol–water partition coefficient (Wildman–Crippen LogP) is 3.95. The molecule has 0 aliphatic carbocycles. The van der Waals surface area contributed by atoms with Gasteiger partial charge in [-0.15, -0.1) is 11.3 Å². The fourth-order valence-electron chi connectivity index (χ4n) is 1.75. The second kappa shape index (κ2) is 5.99. The number of hydrogen-bond donors (Lipinski definition) is 1. The van der Waals surface area contributed by atoms with Crippen molar-refractivity contribution < 1.29 is 5.11 Å². The third-order valence-electron chi connectivity index (χ3n) is 3.06. The van der Waals surface area contributed by atoms with Gasteiger partial charge in [0.15, 0.2) is 0 Å². The molecule has 0 spiro atoms. The topological polar surface area (TPSA) is 38.0 Å². The number of thiophene rings is 1. The minimum absolute atomic E-state index is 0.407. The Kier molecular flexibility index (Phi) is 4.59. The van der Waals surface area contributed by atoms with Crippen molar-refractivity contribution in [3.8, 4) is 0 Å². The maximum absolute atomic E-state index is 10.2. The average molecular weight is 329 g/mol. The number of hydrogen-bond acceptors (Lipinski definition) is 3. The molecule has 0 aromatic carbocycles. The second-order valence-electron chi connectivity index (χ2n) is 4.40. The lowest BCUT2D eigenvalue weighted by atomic mass is 10.2. The maximum atomic E-state index is 10.2. The highest BCUT2D eigenvalue weighted by Gasteiger charge is 2.15. The maximum Gasteiger partial charge on any atom is 0.0949 e. The number of nitrogens with zero attached hydrogens (tertiary/aromatic N) is 2. The van der Waals surface area contributed by atoms with Crippen LogP contribution >= 0.6 is 27.3 Å². The number of aromatic nitrogens is 2. The van der Waals surface area contributed by atoms with Crippen LogP contribution in [0.4, 0.5) is 0 Å². The summed E-state index contributed by atoms with van der Waals surface area (Å²) in [7, 11) is 0. The van der Waals surface area contributed by atoms with Crippen LogP contribution in [0.3, 0.4) is 0 Å². The Labute approximate surface area is 120 Å². The van der Waals surface area contributed by atoms with Crippen LogP contribution in [0, 0.1) is 0 Å². The van der Waals surface area contributed by atoms with Crippen molar-refractivity contribution in [2.45, 2.75) is 38.8 Å². The third-order valence-corrected chi connectivity index (χ3v) is 5.03. The largest absolute Gasteiger partial charge is 0.387 e. The Hall–Kier alpha value is -0.650. The average Bonchev–Trinajstić information content (AvgIpc) is 2.97. The van der Waals surface area contributed by atoms with Gasteiger partial charge in [0.05, 0.1) is 11.8 Å². The molecule has 3 nitrogen and oxygen atoms in total. The summed E-state index contributed by atoms with van der Waals surface area (Å²) in [5.74, 6) is 0. The third kappa shape index (κ3) is 3.02. The predicted molar refractivity (Wildman–Crippen MR) is 77.9 cm³/mol. The molecule has 0 saturated heterocycles. The number of aliphatic hydroxyl groups is 1. The van der Waals surface area contributed by atoms with E-state index >= 15 is 0 Å². The van der Waals surface area contributed by atoms with Gasteiger partial charge in [0.2, 0.25) is 0 Å². The summed E-state index contributed by atoms with van der Waals surface area (Å²) in [4.78, 5) is 0.966. The first-order valence-electron chi connectivity index (χ1n) is 6.06. The van der Waals surface area contributed by atoms with Crippen molar-refractivity contribution in [3.05, 3.63) is 38.8 Å². The van der Waals surface area contributed by atoms with E-state index in [1.807, 2.05) is 28.4 Å². The summed E-state index contributed by atoms with van der Waals surface area (Å²) in [6.07, 6.45) is 3.11. The molecule has 2 rings (SSSR count). The van der Waals surface area contributed by atoms with Gasteiger partial charge in [-0.1, -0.05) is 6.92 Å². The molecule has 0 saturated carbocycles. The van der Waals surface area contributed by atoms with E-state index < -0.39 is 6.10 Å². The fraction of sp³-hybridized carbons (Fsp3) is 0.462. The zero-order chi connectivity index (χ0) is 13.1. The second-order valence-corrected chi connectivity index (χ2v) is 6.20. The van der Waals surface area contributed by atoms with E-state index in [-0.39, 0.29) is 0 Å². The van der Waals surface area contributed by atoms with Gasteiger partial charge in [-0.3, -0.25) is 4.68 Å². The van der Waals surface area contributed by atoms with Gasteiger partial charge in [-0.05, 0) is 46.8 Å². The molecule has 0 bridgehead atoms. The van der Waals surface area contributed by atoms with Crippen LogP contribution in [0.15, 0.2) is 28.2 Å². The summed E-state index contributed by atoms with van der Waals surface area (Å²) < 4.78 is 2.94. The molecule has 98 valence electrons. The van der Waals surface area contributed by atoms with E-state index in [1.54, 1.807) is 11.3 Å². The Morgan fingerprint density at radius 3 is 2.89 bits per heavy atom. The Morgan fingerprint density at radius 2 is 2.28 bits per heavy atom. The molecule has 5 heteroatoms. The highest BCUT2D eigenvalue weighted by Crippen LogP contribution is 2.30. The van der Waals surface area contributed by atoms with Crippen LogP contribution in [0.2, 0.25) is 0 Å². The van der Waals surface area contributed by atoms with Crippen LogP contribution in [-0.4, -0.2) is 14.9 Å². The van der Waals surface area contributed by atoms with Crippen molar-refractivity contribution in [1.29, 1.82) is 0 Å². The SMILES string of the molecule is CCC(C)n1ccc(CC(O)c2sccc2Br)n1. The lowest BCUT2D eigenvalue weighted by molar-refractivity contribution is 0.180. The summed E-state index contributed by atoms with van der Waals surface area (Å²) in [6, 6.07) is 4.35. The summed E-state index contributed by atoms with van der Waals surface area (Å²) in [6.45, 7) is 4.28. The first-order chi connectivity index (χ1) is 8.61. The van der Waals surface area contributed by atoms with Crippen LogP contribution in [-0.2, 0) is 6.42 Å². The molecule has 2 atom stereocenters. The zero-order valence-corrected chi connectivity index (χ0v) is 12.9. The first kappa shape index (κ1) is 13.8. The highest BCUT2D eigenvalue weighted by atomic mass is 79.9. The zero-order valence-electron chi connectivity index (χ0n) is 10.5. The van der Waals surface area contributed by atoms with E-state index in [0.717, 1.165) is 21.5 Å². The molecule has 0 radical (unpaired) electrons. The monoisotopic (exact) mass is 328 g/mol. The summed E-state index contributed by atoms with van der Waals surface area (Å²) >= 11 is 5.01. The van der Waals surface area contributed by atoms with Gasteiger partial charge in [-0.2, -0.15) is 5.10 Å². The Morgan fingerprint density at radius 1 is 1.50 bits per heavy atom. The van der Waals surface area contributed by atoms with E-state index in [2.05, 4.69) is 34.9 Å². The first-order valence-corrected chi connectivity index (χ1v) is 7.74. The molecule has 0 aliphatic heterocycles. The quantitative estimate of drug-likeness (QED) is 0.902. The number of aliphatic hydroxyl groups excluding tert-OH is 1. The van der Waals surface area contributed by atoms with Crippen LogP contribution in [0.5, 0.6) is 0 Å². The molecular weight excluding hydrogens is 312 g/mol. The number of rotatable bonds is 5. The van der Waals surface area contributed by atoms with Gasteiger partial charge in [-0.25, -0.2) is 0 Å². The van der Waals surface area contributed by atoms with Crippen molar-refractivity contribution in [1.82, 2.24) is 9.78 Å². The fourth-order valence-corrected chi connectivity index (χ4v) is 3.38. The Bertz CT molecular complexity index is 509. The molecule has 2 aromatic rings.